The molecule has 0 aromatic carbocycles. The molecule has 6 nitrogen and oxygen atoms in total. The molecule has 1 aliphatic carbocycles. The number of rotatable bonds is 6. The van der Waals surface area contributed by atoms with Crippen LogP contribution < -0.4 is 5.32 Å². The van der Waals surface area contributed by atoms with E-state index >= 15 is 0 Å². The normalized spacial score (nSPS) is 16.8. The molecule has 2 N–H and O–H groups in total. The largest absolute Gasteiger partial charge is 0.480 e. The zero-order valence-corrected chi connectivity index (χ0v) is 12.6. The van der Waals surface area contributed by atoms with Crippen LogP contribution in [-0.4, -0.2) is 53.8 Å². The van der Waals surface area contributed by atoms with Gasteiger partial charge >= 0.3 is 12.0 Å². The van der Waals surface area contributed by atoms with Crippen LogP contribution in [0.15, 0.2) is 0 Å². The topological polar surface area (TPSA) is 78.9 Å². The van der Waals surface area contributed by atoms with Crippen molar-refractivity contribution in [3.05, 3.63) is 0 Å². The standard InChI is InChI=1S/C14H26N2O4/c1-14(2,12(17)18)16(3)13(19)15-9-10-20-11-7-5-4-6-8-11/h11H,4-10H2,1-3H3,(H,15,19)(H,17,18). The Bertz CT molecular complexity index is 338. The fraction of sp³-hybridized carbons (Fsp3) is 0.857. The van der Waals surface area contributed by atoms with Gasteiger partial charge in [-0.2, -0.15) is 0 Å². The van der Waals surface area contributed by atoms with E-state index in [1.54, 1.807) is 0 Å². The molecule has 0 aliphatic heterocycles. The second-order valence-electron chi connectivity index (χ2n) is 5.79. The molecule has 6 heteroatoms. The van der Waals surface area contributed by atoms with E-state index in [-0.39, 0.29) is 0 Å². The molecule has 1 fully saturated rings. The summed E-state index contributed by atoms with van der Waals surface area (Å²) in [6.45, 7) is 3.86. The molecule has 0 radical (unpaired) electrons. The quantitative estimate of drug-likeness (QED) is 0.730. The van der Waals surface area contributed by atoms with Crippen LogP contribution in [0.5, 0.6) is 0 Å². The van der Waals surface area contributed by atoms with Gasteiger partial charge < -0.3 is 20.1 Å². The van der Waals surface area contributed by atoms with Gasteiger partial charge in [-0.3, -0.25) is 0 Å². The molecule has 0 bridgehead atoms. The zero-order valence-electron chi connectivity index (χ0n) is 12.6. The van der Waals surface area contributed by atoms with Crippen LogP contribution in [0.3, 0.4) is 0 Å². The van der Waals surface area contributed by atoms with E-state index < -0.39 is 17.5 Å². The van der Waals surface area contributed by atoms with E-state index in [0.717, 1.165) is 12.8 Å². The summed E-state index contributed by atoms with van der Waals surface area (Å²) in [6, 6.07) is -0.398. The third kappa shape index (κ3) is 4.67. The summed E-state index contributed by atoms with van der Waals surface area (Å²) in [7, 11) is 1.48. The van der Waals surface area contributed by atoms with Gasteiger partial charge in [-0.05, 0) is 26.7 Å². The van der Waals surface area contributed by atoms with E-state index in [1.807, 2.05) is 0 Å². The highest BCUT2D eigenvalue weighted by Crippen LogP contribution is 2.19. The number of nitrogens with zero attached hydrogens (tertiary/aromatic N) is 1. The Morgan fingerprint density at radius 3 is 2.45 bits per heavy atom. The molecule has 0 saturated heterocycles. The number of aliphatic carboxylic acids is 1. The second kappa shape index (κ2) is 7.47. The molecule has 0 atom stereocenters. The molecule has 1 saturated carbocycles. The monoisotopic (exact) mass is 286 g/mol. The van der Waals surface area contributed by atoms with E-state index in [2.05, 4.69) is 5.32 Å². The van der Waals surface area contributed by atoms with E-state index in [9.17, 15) is 9.59 Å². The number of hydrogen-bond donors (Lipinski definition) is 2. The number of amides is 2. The number of carboxylic acids is 1. The van der Waals surface area contributed by atoms with Crippen LogP contribution in [0.4, 0.5) is 4.79 Å². The number of ether oxygens (including phenoxy) is 1. The number of carbonyl (C=O) groups excluding carboxylic acids is 1. The molecule has 2 amide bonds. The number of hydrogen-bond acceptors (Lipinski definition) is 3. The Hall–Kier alpha value is -1.30. The smallest absolute Gasteiger partial charge is 0.329 e. The van der Waals surface area contributed by atoms with Crippen molar-refractivity contribution in [3.63, 3.8) is 0 Å². The number of nitrogens with one attached hydrogen (secondary N) is 1. The summed E-state index contributed by atoms with van der Waals surface area (Å²) in [4.78, 5) is 24.1. The molecular weight excluding hydrogens is 260 g/mol. The number of carboxylic acid groups (broad SMARTS) is 1. The Kier molecular flexibility index (Phi) is 6.26. The molecule has 0 aromatic rings. The molecule has 0 unspecified atom stereocenters. The zero-order chi connectivity index (χ0) is 15.2. The minimum absolute atomic E-state index is 0.314. The maximum Gasteiger partial charge on any atom is 0.329 e. The van der Waals surface area contributed by atoms with Crippen molar-refractivity contribution < 1.29 is 19.4 Å². The van der Waals surface area contributed by atoms with Crippen molar-refractivity contribution in [2.75, 3.05) is 20.2 Å². The van der Waals surface area contributed by atoms with E-state index in [1.165, 1.54) is 45.1 Å². The van der Waals surface area contributed by atoms with Crippen molar-refractivity contribution in [2.24, 2.45) is 0 Å². The summed E-state index contributed by atoms with van der Waals surface area (Å²) in [5.41, 5.74) is -1.23. The van der Waals surface area contributed by atoms with Crippen LogP contribution in [0, 0.1) is 0 Å². The average molecular weight is 286 g/mol. The molecule has 1 rings (SSSR count). The number of likely N-dealkylation sites (N-methyl/N-ethyl adjacent to an activating group) is 1. The molecule has 0 heterocycles. The molecule has 0 spiro atoms. The fourth-order valence-electron chi connectivity index (χ4n) is 2.13. The van der Waals surface area contributed by atoms with Gasteiger partial charge in [-0.25, -0.2) is 9.59 Å². The van der Waals surface area contributed by atoms with E-state index in [4.69, 9.17) is 9.84 Å². The molecule has 1 aliphatic rings. The predicted molar refractivity (Wildman–Crippen MR) is 75.7 cm³/mol. The Balaban J connectivity index is 2.24. The summed E-state index contributed by atoms with van der Waals surface area (Å²) in [5.74, 6) is -1.03. The van der Waals surface area contributed by atoms with Crippen LogP contribution in [0.25, 0.3) is 0 Å². The number of urea groups is 1. The van der Waals surface area contributed by atoms with Crippen molar-refractivity contribution in [3.8, 4) is 0 Å². The van der Waals surface area contributed by atoms with Crippen LogP contribution in [-0.2, 0) is 9.53 Å². The van der Waals surface area contributed by atoms with Crippen molar-refractivity contribution in [2.45, 2.75) is 57.6 Å². The maximum atomic E-state index is 11.8. The summed E-state index contributed by atoms with van der Waals surface area (Å²) >= 11 is 0. The van der Waals surface area contributed by atoms with Crippen molar-refractivity contribution in [1.82, 2.24) is 10.2 Å². The first-order valence-electron chi connectivity index (χ1n) is 7.22. The van der Waals surface area contributed by atoms with Gasteiger partial charge in [0.2, 0.25) is 0 Å². The van der Waals surface area contributed by atoms with Gasteiger partial charge in [-0.1, -0.05) is 19.3 Å². The van der Waals surface area contributed by atoms with Crippen LogP contribution >= 0.6 is 0 Å². The molecular formula is C14H26N2O4. The minimum atomic E-state index is -1.23. The highest BCUT2D eigenvalue weighted by molar-refractivity contribution is 5.85. The van der Waals surface area contributed by atoms with Crippen molar-refractivity contribution >= 4 is 12.0 Å². The first-order chi connectivity index (χ1) is 9.35. The van der Waals surface area contributed by atoms with E-state index in [0.29, 0.717) is 19.3 Å². The Morgan fingerprint density at radius 1 is 1.30 bits per heavy atom. The fourth-order valence-corrected chi connectivity index (χ4v) is 2.13. The van der Waals surface area contributed by atoms with Crippen molar-refractivity contribution in [1.29, 1.82) is 0 Å². The highest BCUT2D eigenvalue weighted by Gasteiger charge is 2.35. The Morgan fingerprint density at radius 2 is 1.90 bits per heavy atom. The SMILES string of the molecule is CN(C(=O)NCCOC1CCCCC1)C(C)(C)C(=O)O. The third-order valence-corrected chi connectivity index (χ3v) is 3.95. The lowest BCUT2D eigenvalue weighted by atomic mass is 9.98. The van der Waals surface area contributed by atoms with Gasteiger partial charge in [0.15, 0.2) is 0 Å². The maximum absolute atomic E-state index is 11.8. The highest BCUT2D eigenvalue weighted by atomic mass is 16.5. The van der Waals surface area contributed by atoms with Gasteiger partial charge in [0, 0.05) is 13.6 Å². The molecule has 116 valence electrons. The lowest BCUT2D eigenvalue weighted by molar-refractivity contribution is -0.146. The number of carbonyl (C=O) groups is 2. The van der Waals surface area contributed by atoms with Gasteiger partial charge in [0.05, 0.1) is 12.7 Å². The van der Waals surface area contributed by atoms with Gasteiger partial charge in [-0.15, -0.1) is 0 Å². The molecule has 20 heavy (non-hydrogen) atoms. The molecule has 0 aromatic heterocycles. The lowest BCUT2D eigenvalue weighted by Gasteiger charge is -2.31. The average Bonchev–Trinajstić information content (AvgIpc) is 2.43. The van der Waals surface area contributed by atoms with Gasteiger partial charge in [0.1, 0.15) is 5.54 Å². The second-order valence-corrected chi connectivity index (χ2v) is 5.79. The first-order valence-corrected chi connectivity index (χ1v) is 7.22. The minimum Gasteiger partial charge on any atom is -0.480 e. The third-order valence-electron chi connectivity index (χ3n) is 3.95. The van der Waals surface area contributed by atoms with Gasteiger partial charge in [0.25, 0.3) is 0 Å². The Labute approximate surface area is 120 Å². The van der Waals surface area contributed by atoms with Crippen LogP contribution in [0.1, 0.15) is 46.0 Å². The first kappa shape index (κ1) is 16.8. The summed E-state index contributed by atoms with van der Waals surface area (Å²) < 4.78 is 5.70. The summed E-state index contributed by atoms with van der Waals surface area (Å²) in [5, 5.41) is 11.7. The lowest BCUT2D eigenvalue weighted by Crippen LogP contribution is -2.54. The summed E-state index contributed by atoms with van der Waals surface area (Å²) in [6.07, 6.45) is 6.22. The van der Waals surface area contributed by atoms with Crippen LogP contribution in [0.2, 0.25) is 0 Å². The predicted octanol–water partition coefficient (Wildman–Crippen LogP) is 1.84.